The van der Waals surface area contributed by atoms with Gasteiger partial charge in [-0.1, -0.05) is 70.4 Å². The van der Waals surface area contributed by atoms with E-state index >= 15 is 0 Å². The Kier molecular flexibility index (Phi) is 15.7. The van der Waals surface area contributed by atoms with Crippen LogP contribution in [0.15, 0.2) is 12.2 Å². The van der Waals surface area contributed by atoms with E-state index in [0.29, 0.717) is 6.42 Å². The van der Waals surface area contributed by atoms with Gasteiger partial charge < -0.3 is 15.9 Å². The molecule has 0 aliphatic carbocycles. The Morgan fingerprint density at radius 1 is 0.857 bits per heavy atom. The predicted octanol–water partition coefficient (Wildman–Crippen LogP) is 3.92. The van der Waals surface area contributed by atoms with Gasteiger partial charge in [0.2, 0.25) is 0 Å². The molecular formula is C18H37NO2. The van der Waals surface area contributed by atoms with E-state index in [1.165, 1.54) is 57.8 Å². The predicted molar refractivity (Wildman–Crippen MR) is 91.3 cm³/mol. The first-order valence-electron chi connectivity index (χ1n) is 8.91. The highest BCUT2D eigenvalue weighted by Crippen LogP contribution is 2.12. The number of aliphatic hydroxyl groups is 2. The van der Waals surface area contributed by atoms with Crippen molar-refractivity contribution in [2.75, 3.05) is 6.61 Å². The topological polar surface area (TPSA) is 66.5 Å². The Bertz CT molecular complexity index is 231. The molecule has 0 fully saturated rings. The molecule has 21 heavy (non-hydrogen) atoms. The Morgan fingerprint density at radius 3 is 1.95 bits per heavy atom. The lowest BCUT2D eigenvalue weighted by Crippen LogP contribution is -2.37. The van der Waals surface area contributed by atoms with Gasteiger partial charge in [-0.05, 0) is 25.7 Å². The molecule has 4 N–H and O–H groups in total. The number of rotatable bonds is 15. The van der Waals surface area contributed by atoms with Crippen molar-refractivity contribution in [3.05, 3.63) is 12.2 Å². The lowest BCUT2D eigenvalue weighted by Gasteiger charge is -2.15. The molecule has 0 aromatic heterocycles. The van der Waals surface area contributed by atoms with Gasteiger partial charge in [0.25, 0.3) is 0 Å². The zero-order valence-electron chi connectivity index (χ0n) is 14.0. The fourth-order valence-electron chi connectivity index (χ4n) is 2.41. The second-order valence-electron chi connectivity index (χ2n) is 6.08. The average molecular weight is 299 g/mol. The molecule has 0 aromatic rings. The number of nitrogens with two attached hydrogens (primary N) is 1. The third-order valence-corrected chi connectivity index (χ3v) is 3.95. The summed E-state index contributed by atoms with van der Waals surface area (Å²) in [4.78, 5) is 0. The Hall–Kier alpha value is -0.380. The first-order chi connectivity index (χ1) is 10.2. The second-order valence-corrected chi connectivity index (χ2v) is 6.08. The van der Waals surface area contributed by atoms with Gasteiger partial charge >= 0.3 is 0 Å². The van der Waals surface area contributed by atoms with Gasteiger partial charge in [0.1, 0.15) is 0 Å². The van der Waals surface area contributed by atoms with E-state index < -0.39 is 12.1 Å². The maximum atomic E-state index is 9.60. The smallest absolute Gasteiger partial charge is 0.0713 e. The zero-order valence-corrected chi connectivity index (χ0v) is 14.0. The summed E-state index contributed by atoms with van der Waals surface area (Å²) >= 11 is 0. The van der Waals surface area contributed by atoms with Crippen molar-refractivity contribution in [1.82, 2.24) is 0 Å². The van der Waals surface area contributed by atoms with E-state index in [0.717, 1.165) is 12.8 Å². The van der Waals surface area contributed by atoms with E-state index in [1.807, 2.05) is 0 Å². The van der Waals surface area contributed by atoms with Crippen LogP contribution in [0, 0.1) is 0 Å². The van der Waals surface area contributed by atoms with E-state index in [9.17, 15) is 5.11 Å². The monoisotopic (exact) mass is 299 g/mol. The molecule has 0 unspecified atom stereocenters. The molecule has 0 rings (SSSR count). The third-order valence-electron chi connectivity index (χ3n) is 3.95. The van der Waals surface area contributed by atoms with Gasteiger partial charge in [-0.3, -0.25) is 0 Å². The number of aliphatic hydroxyl groups excluding tert-OH is 2. The number of hydrogen-bond acceptors (Lipinski definition) is 3. The summed E-state index contributed by atoms with van der Waals surface area (Å²) in [5, 5.41) is 18.4. The second kappa shape index (κ2) is 16.0. The summed E-state index contributed by atoms with van der Waals surface area (Å²) in [6.07, 6.45) is 18.6. The number of hydrogen-bond donors (Lipinski definition) is 3. The van der Waals surface area contributed by atoms with Crippen LogP contribution in [0.25, 0.3) is 0 Å². The molecule has 126 valence electrons. The van der Waals surface area contributed by atoms with Crippen molar-refractivity contribution in [1.29, 1.82) is 0 Å². The molecule has 0 aliphatic heterocycles. The normalized spacial score (nSPS) is 14.7. The number of allylic oxidation sites excluding steroid dienone is 2. The molecule has 0 spiro atoms. The van der Waals surface area contributed by atoms with Crippen LogP contribution in [0.5, 0.6) is 0 Å². The minimum atomic E-state index is -0.546. The summed E-state index contributed by atoms with van der Waals surface area (Å²) in [5.41, 5.74) is 5.56. The third kappa shape index (κ3) is 14.3. The van der Waals surface area contributed by atoms with Crippen molar-refractivity contribution in [2.24, 2.45) is 5.73 Å². The molecule has 0 aromatic carbocycles. The van der Waals surface area contributed by atoms with Crippen LogP contribution in [0.3, 0.4) is 0 Å². The Morgan fingerprint density at radius 2 is 1.38 bits per heavy atom. The van der Waals surface area contributed by atoms with E-state index in [1.54, 1.807) is 0 Å². The summed E-state index contributed by atoms with van der Waals surface area (Å²) in [6.45, 7) is 2.08. The fourth-order valence-corrected chi connectivity index (χ4v) is 2.41. The van der Waals surface area contributed by atoms with Gasteiger partial charge in [0.15, 0.2) is 0 Å². The quantitative estimate of drug-likeness (QED) is 0.317. The highest BCUT2D eigenvalue weighted by atomic mass is 16.3. The molecular weight excluding hydrogens is 262 g/mol. The van der Waals surface area contributed by atoms with Crippen LogP contribution >= 0.6 is 0 Å². The van der Waals surface area contributed by atoms with Crippen molar-refractivity contribution in [3.63, 3.8) is 0 Å². The highest BCUT2D eigenvalue weighted by Gasteiger charge is 2.12. The van der Waals surface area contributed by atoms with Gasteiger partial charge in [0.05, 0.1) is 18.8 Å². The number of unbranched alkanes of at least 4 members (excludes halogenated alkanes) is 9. The summed E-state index contributed by atoms with van der Waals surface area (Å²) in [7, 11) is 0. The molecule has 3 heteroatoms. The van der Waals surface area contributed by atoms with E-state index in [-0.39, 0.29) is 6.61 Å². The van der Waals surface area contributed by atoms with E-state index in [2.05, 4.69) is 19.1 Å². The Labute approximate surface area is 131 Å². The molecule has 0 bridgehead atoms. The van der Waals surface area contributed by atoms with Crippen molar-refractivity contribution in [3.8, 4) is 0 Å². The molecule has 0 heterocycles. The standard InChI is InChI=1S/C18H37NO2/c1-2-3-4-5-6-7-8-9-10-11-12-13-14-15-18(21)17(19)16-20/h4-5,17-18,20-21H,2-3,6-16,19H2,1H3/b5-4-/t17-,18+/m0/s1. The van der Waals surface area contributed by atoms with Crippen LogP contribution < -0.4 is 5.73 Å². The zero-order chi connectivity index (χ0) is 15.8. The average Bonchev–Trinajstić information content (AvgIpc) is 2.50. The molecule has 0 saturated carbocycles. The maximum Gasteiger partial charge on any atom is 0.0713 e. The van der Waals surface area contributed by atoms with Crippen LogP contribution in [-0.4, -0.2) is 29.0 Å². The molecule has 3 nitrogen and oxygen atoms in total. The summed E-state index contributed by atoms with van der Waals surface area (Å²) < 4.78 is 0. The summed E-state index contributed by atoms with van der Waals surface area (Å²) in [5.74, 6) is 0. The van der Waals surface area contributed by atoms with Crippen LogP contribution in [0.1, 0.15) is 84.0 Å². The van der Waals surface area contributed by atoms with Crippen molar-refractivity contribution < 1.29 is 10.2 Å². The van der Waals surface area contributed by atoms with E-state index in [4.69, 9.17) is 10.8 Å². The SMILES string of the molecule is CCC/C=C\CCCCCCCCCC[C@@H](O)[C@@H](N)CO. The van der Waals surface area contributed by atoms with Crippen molar-refractivity contribution >= 4 is 0 Å². The summed E-state index contributed by atoms with van der Waals surface area (Å²) in [6, 6.07) is -0.476. The molecule has 2 atom stereocenters. The molecule has 0 amide bonds. The first-order valence-corrected chi connectivity index (χ1v) is 8.91. The molecule has 0 radical (unpaired) electrons. The minimum absolute atomic E-state index is 0.130. The Balaban J connectivity index is 3.16. The lowest BCUT2D eigenvalue weighted by atomic mass is 10.0. The minimum Gasteiger partial charge on any atom is -0.395 e. The molecule has 0 saturated heterocycles. The highest BCUT2D eigenvalue weighted by molar-refractivity contribution is 4.80. The first kappa shape index (κ1) is 20.6. The van der Waals surface area contributed by atoms with Gasteiger partial charge in [0, 0.05) is 0 Å². The van der Waals surface area contributed by atoms with Crippen molar-refractivity contribution in [2.45, 2.75) is 96.1 Å². The van der Waals surface area contributed by atoms with Crippen LogP contribution in [0.2, 0.25) is 0 Å². The van der Waals surface area contributed by atoms with Crippen LogP contribution in [0.4, 0.5) is 0 Å². The maximum absolute atomic E-state index is 9.60. The fraction of sp³-hybridized carbons (Fsp3) is 0.889. The van der Waals surface area contributed by atoms with Gasteiger partial charge in [-0.2, -0.15) is 0 Å². The van der Waals surface area contributed by atoms with Gasteiger partial charge in [-0.15, -0.1) is 0 Å². The van der Waals surface area contributed by atoms with Gasteiger partial charge in [-0.25, -0.2) is 0 Å². The lowest BCUT2D eigenvalue weighted by molar-refractivity contribution is 0.0990. The molecule has 0 aliphatic rings. The largest absolute Gasteiger partial charge is 0.395 e. The van der Waals surface area contributed by atoms with Crippen LogP contribution in [-0.2, 0) is 0 Å².